The minimum Gasteiger partial charge on any atom is -0.359 e. The number of nitrogens with one attached hydrogen (secondary N) is 2. The summed E-state index contributed by atoms with van der Waals surface area (Å²) >= 11 is 1.67. The lowest BCUT2D eigenvalue weighted by Gasteiger charge is -2.15. The summed E-state index contributed by atoms with van der Waals surface area (Å²) in [6.45, 7) is 9.34. The van der Waals surface area contributed by atoms with Crippen LogP contribution in [0, 0.1) is 5.92 Å². The van der Waals surface area contributed by atoms with Crippen LogP contribution in [0.15, 0.2) is 4.99 Å². The molecule has 0 spiro atoms. The van der Waals surface area contributed by atoms with E-state index in [1.54, 1.807) is 11.8 Å². The van der Waals surface area contributed by atoms with Crippen molar-refractivity contribution in [3.8, 4) is 0 Å². The summed E-state index contributed by atoms with van der Waals surface area (Å²) in [5.74, 6) is 1.47. The van der Waals surface area contributed by atoms with Gasteiger partial charge in [-0.15, -0.1) is 0 Å². The molecular formula is C11H21N3OS. The summed E-state index contributed by atoms with van der Waals surface area (Å²) < 4.78 is 0. The quantitative estimate of drug-likeness (QED) is 0.781. The molecule has 0 bridgehead atoms. The van der Waals surface area contributed by atoms with Crippen molar-refractivity contribution in [2.75, 3.05) is 18.8 Å². The van der Waals surface area contributed by atoms with Crippen LogP contribution in [0.1, 0.15) is 27.7 Å². The maximum Gasteiger partial charge on any atom is 0.241 e. The molecule has 4 nitrogen and oxygen atoms in total. The van der Waals surface area contributed by atoms with E-state index in [0.717, 1.165) is 17.5 Å². The predicted molar refractivity (Wildman–Crippen MR) is 69.8 cm³/mol. The van der Waals surface area contributed by atoms with Gasteiger partial charge in [0.15, 0.2) is 5.17 Å². The monoisotopic (exact) mass is 243 g/mol. The highest BCUT2D eigenvalue weighted by atomic mass is 32.2. The normalized spacial score (nSPS) is 21.2. The van der Waals surface area contributed by atoms with Gasteiger partial charge in [0.25, 0.3) is 0 Å². The second kappa shape index (κ2) is 5.57. The fourth-order valence-corrected chi connectivity index (χ4v) is 2.29. The van der Waals surface area contributed by atoms with Crippen molar-refractivity contribution in [2.45, 2.75) is 33.2 Å². The van der Waals surface area contributed by atoms with E-state index in [-0.39, 0.29) is 18.0 Å². The highest BCUT2D eigenvalue weighted by molar-refractivity contribution is 8.14. The number of rotatable bonds is 4. The Kier molecular flexibility index (Phi) is 4.65. The Balaban J connectivity index is 2.29. The first-order valence-corrected chi connectivity index (χ1v) is 6.60. The maximum absolute atomic E-state index is 11.4. The second-order valence-corrected chi connectivity index (χ2v) is 6.08. The van der Waals surface area contributed by atoms with E-state index in [0.29, 0.717) is 5.92 Å². The standard InChI is InChI=1S/C11H21N3OS/c1-8(2)5-12-9(15)6-13-10-14-11(3,4)7-16-10/h8H,5-7H2,1-4H3,(H,12,15)(H,13,14). The fraction of sp³-hybridized carbons (Fsp3) is 0.818. The van der Waals surface area contributed by atoms with E-state index in [1.165, 1.54) is 0 Å². The molecule has 5 heteroatoms. The molecule has 0 unspecified atom stereocenters. The van der Waals surface area contributed by atoms with Gasteiger partial charge in [0.1, 0.15) is 6.54 Å². The lowest BCUT2D eigenvalue weighted by Crippen LogP contribution is -2.37. The van der Waals surface area contributed by atoms with E-state index in [9.17, 15) is 4.79 Å². The number of hydrogen-bond acceptors (Lipinski definition) is 3. The third kappa shape index (κ3) is 4.88. The molecular weight excluding hydrogens is 222 g/mol. The largest absolute Gasteiger partial charge is 0.359 e. The number of carbonyl (C=O) groups excluding carboxylic acids is 1. The molecule has 92 valence electrons. The van der Waals surface area contributed by atoms with Crippen LogP contribution >= 0.6 is 11.8 Å². The Morgan fingerprint density at radius 2 is 2.31 bits per heavy atom. The molecule has 1 rings (SSSR count). The van der Waals surface area contributed by atoms with Crippen molar-refractivity contribution < 1.29 is 4.79 Å². The number of amides is 1. The lowest BCUT2D eigenvalue weighted by atomic mass is 10.1. The molecule has 0 aromatic heterocycles. The van der Waals surface area contributed by atoms with Gasteiger partial charge in [-0.1, -0.05) is 25.6 Å². The molecule has 0 aromatic rings. The summed E-state index contributed by atoms with van der Waals surface area (Å²) in [6.07, 6.45) is 0. The molecule has 1 fully saturated rings. The number of hydrogen-bond donors (Lipinski definition) is 2. The molecule has 0 radical (unpaired) electrons. The maximum atomic E-state index is 11.4. The number of amidine groups is 1. The highest BCUT2D eigenvalue weighted by Crippen LogP contribution is 2.21. The molecule has 1 saturated heterocycles. The van der Waals surface area contributed by atoms with E-state index in [4.69, 9.17) is 0 Å². The van der Waals surface area contributed by atoms with Gasteiger partial charge in [0.2, 0.25) is 5.91 Å². The predicted octanol–water partition coefficient (Wildman–Crippen LogP) is 1.23. The minimum absolute atomic E-state index is 0.00620. The van der Waals surface area contributed by atoms with Gasteiger partial charge < -0.3 is 10.6 Å². The Hall–Kier alpha value is -0.710. The van der Waals surface area contributed by atoms with Gasteiger partial charge >= 0.3 is 0 Å². The molecule has 0 atom stereocenters. The van der Waals surface area contributed by atoms with Crippen LogP contribution in [0.25, 0.3) is 0 Å². The molecule has 1 amide bonds. The second-order valence-electron chi connectivity index (χ2n) is 5.12. The van der Waals surface area contributed by atoms with Crippen molar-refractivity contribution in [2.24, 2.45) is 10.9 Å². The molecule has 0 aliphatic carbocycles. The van der Waals surface area contributed by atoms with Crippen LogP contribution < -0.4 is 10.6 Å². The first-order chi connectivity index (χ1) is 7.39. The SMILES string of the molecule is CC(C)CNC(=O)CN=C1NC(C)(C)CS1. The van der Waals surface area contributed by atoms with Crippen molar-refractivity contribution in [1.82, 2.24) is 10.6 Å². The van der Waals surface area contributed by atoms with Gasteiger partial charge in [-0.05, 0) is 19.8 Å². The zero-order valence-corrected chi connectivity index (χ0v) is 11.3. The zero-order valence-electron chi connectivity index (χ0n) is 10.5. The van der Waals surface area contributed by atoms with Gasteiger partial charge in [-0.25, -0.2) is 0 Å². The van der Waals surface area contributed by atoms with Crippen LogP contribution in [0.5, 0.6) is 0 Å². The minimum atomic E-state index is -0.00620. The Bertz CT molecular complexity index is 287. The van der Waals surface area contributed by atoms with Crippen molar-refractivity contribution in [1.29, 1.82) is 0 Å². The Morgan fingerprint density at radius 3 is 2.81 bits per heavy atom. The third-order valence-corrected chi connectivity index (χ3v) is 3.46. The van der Waals surface area contributed by atoms with Crippen LogP contribution in [-0.4, -0.2) is 35.5 Å². The topological polar surface area (TPSA) is 53.5 Å². The van der Waals surface area contributed by atoms with E-state index >= 15 is 0 Å². The fourth-order valence-electron chi connectivity index (χ4n) is 1.21. The summed E-state index contributed by atoms with van der Waals surface area (Å²) in [7, 11) is 0. The van der Waals surface area contributed by atoms with E-state index in [1.807, 2.05) is 0 Å². The van der Waals surface area contributed by atoms with Crippen molar-refractivity contribution in [3.05, 3.63) is 0 Å². The van der Waals surface area contributed by atoms with Gasteiger partial charge in [0.05, 0.1) is 0 Å². The van der Waals surface area contributed by atoms with Crippen LogP contribution in [0.4, 0.5) is 0 Å². The molecule has 2 N–H and O–H groups in total. The van der Waals surface area contributed by atoms with Gasteiger partial charge in [-0.2, -0.15) is 0 Å². The first-order valence-electron chi connectivity index (χ1n) is 5.61. The van der Waals surface area contributed by atoms with Crippen molar-refractivity contribution in [3.63, 3.8) is 0 Å². The molecule has 16 heavy (non-hydrogen) atoms. The first kappa shape index (κ1) is 13.4. The smallest absolute Gasteiger partial charge is 0.241 e. The summed E-state index contributed by atoms with van der Waals surface area (Å²) in [5.41, 5.74) is 0.0951. The summed E-state index contributed by atoms with van der Waals surface area (Å²) in [4.78, 5) is 15.7. The lowest BCUT2D eigenvalue weighted by molar-refractivity contribution is -0.119. The van der Waals surface area contributed by atoms with Crippen LogP contribution in [0.3, 0.4) is 0 Å². The van der Waals surface area contributed by atoms with E-state index in [2.05, 4.69) is 43.3 Å². The summed E-state index contributed by atoms with van der Waals surface area (Å²) in [5, 5.41) is 7.01. The third-order valence-electron chi connectivity index (χ3n) is 2.09. The Labute approximate surface area is 102 Å². The molecule has 1 aliphatic heterocycles. The van der Waals surface area contributed by atoms with E-state index < -0.39 is 0 Å². The average molecular weight is 243 g/mol. The van der Waals surface area contributed by atoms with Crippen LogP contribution in [-0.2, 0) is 4.79 Å². The highest BCUT2D eigenvalue weighted by Gasteiger charge is 2.27. The zero-order chi connectivity index (χ0) is 12.2. The van der Waals surface area contributed by atoms with Crippen LogP contribution in [0.2, 0.25) is 0 Å². The molecule has 1 aliphatic rings. The number of thioether (sulfide) groups is 1. The van der Waals surface area contributed by atoms with Gasteiger partial charge in [-0.3, -0.25) is 9.79 Å². The number of carbonyl (C=O) groups is 1. The molecule has 1 heterocycles. The molecule has 0 aromatic carbocycles. The van der Waals surface area contributed by atoms with Crippen molar-refractivity contribution >= 4 is 22.8 Å². The summed E-state index contributed by atoms with van der Waals surface area (Å²) in [6, 6.07) is 0. The Morgan fingerprint density at radius 1 is 1.62 bits per heavy atom. The number of aliphatic imine (C=N–C) groups is 1. The average Bonchev–Trinajstić information content (AvgIpc) is 2.52. The number of nitrogens with zero attached hydrogens (tertiary/aromatic N) is 1. The molecule has 0 saturated carbocycles. The van der Waals surface area contributed by atoms with Gasteiger partial charge in [0, 0.05) is 17.8 Å².